The quantitative estimate of drug-likeness (QED) is 0.736. The van der Waals surface area contributed by atoms with Crippen molar-refractivity contribution in [2.24, 2.45) is 17.4 Å². The van der Waals surface area contributed by atoms with E-state index in [0.29, 0.717) is 5.70 Å². The number of hydrogen-bond donors (Lipinski definition) is 3. The van der Waals surface area contributed by atoms with E-state index in [0.717, 1.165) is 35.2 Å². The maximum Gasteiger partial charge on any atom is 0.0876 e. The van der Waals surface area contributed by atoms with Crippen molar-refractivity contribution in [2.75, 3.05) is 11.9 Å². The minimum absolute atomic E-state index is 0.229. The molecule has 1 saturated heterocycles. The summed E-state index contributed by atoms with van der Waals surface area (Å²) in [7, 11) is 0. The summed E-state index contributed by atoms with van der Waals surface area (Å²) in [5.74, 6) is 0.289. The van der Waals surface area contributed by atoms with Gasteiger partial charge in [-0.25, -0.2) is 0 Å². The van der Waals surface area contributed by atoms with Crippen molar-refractivity contribution in [3.63, 3.8) is 0 Å². The molecule has 1 aromatic rings. The summed E-state index contributed by atoms with van der Waals surface area (Å²) < 4.78 is 6.67. The van der Waals surface area contributed by atoms with Crippen molar-refractivity contribution in [1.29, 1.82) is 0 Å². The molecule has 0 aliphatic carbocycles. The summed E-state index contributed by atoms with van der Waals surface area (Å²) in [6.45, 7) is 2.84. The summed E-state index contributed by atoms with van der Waals surface area (Å²) in [6.07, 6.45) is 3.92. The fourth-order valence-corrected chi connectivity index (χ4v) is 3.64. The SMILES string of the molecule is C[C@@H]1C[C@H](C2(N)C(N)=CNc3ccc(Br)cc32)CCO1. The van der Waals surface area contributed by atoms with Crippen LogP contribution in [0.2, 0.25) is 0 Å². The number of hydrogen-bond acceptors (Lipinski definition) is 4. The van der Waals surface area contributed by atoms with Gasteiger partial charge in [-0.2, -0.15) is 0 Å². The largest absolute Gasteiger partial charge is 0.399 e. The van der Waals surface area contributed by atoms with Crippen molar-refractivity contribution in [3.8, 4) is 0 Å². The molecule has 3 atom stereocenters. The zero-order valence-corrected chi connectivity index (χ0v) is 13.1. The molecule has 0 aromatic heterocycles. The zero-order chi connectivity index (χ0) is 14.3. The number of benzene rings is 1. The van der Waals surface area contributed by atoms with Gasteiger partial charge in [0.05, 0.1) is 11.6 Å². The molecule has 1 unspecified atom stereocenters. The van der Waals surface area contributed by atoms with E-state index >= 15 is 0 Å². The molecular weight excluding hydrogens is 318 g/mol. The highest BCUT2D eigenvalue weighted by molar-refractivity contribution is 9.10. The van der Waals surface area contributed by atoms with Crippen LogP contribution >= 0.6 is 15.9 Å². The summed E-state index contributed by atoms with van der Waals surface area (Å²) in [6, 6.07) is 6.11. The second-order valence-electron chi connectivity index (χ2n) is 5.71. The Morgan fingerprint density at radius 3 is 3.00 bits per heavy atom. The van der Waals surface area contributed by atoms with Crippen LogP contribution in [-0.2, 0) is 10.3 Å². The van der Waals surface area contributed by atoms with Gasteiger partial charge in [0, 0.05) is 34.2 Å². The van der Waals surface area contributed by atoms with Gasteiger partial charge in [-0.1, -0.05) is 15.9 Å². The molecule has 1 aromatic carbocycles. The van der Waals surface area contributed by atoms with Gasteiger partial charge in [-0.15, -0.1) is 0 Å². The highest BCUT2D eigenvalue weighted by Crippen LogP contribution is 2.44. The number of nitrogens with two attached hydrogens (primary N) is 2. The number of rotatable bonds is 1. The Bertz CT molecular complexity index is 560. The summed E-state index contributed by atoms with van der Waals surface area (Å²) in [5, 5.41) is 3.23. The van der Waals surface area contributed by atoms with Crippen LogP contribution in [0.5, 0.6) is 0 Å². The number of fused-ring (bicyclic) bond motifs is 1. The first-order valence-corrected chi connectivity index (χ1v) is 7.74. The molecule has 0 saturated carbocycles. The Kier molecular flexibility index (Phi) is 3.52. The molecule has 0 bridgehead atoms. The maximum atomic E-state index is 6.81. The Balaban J connectivity index is 2.07. The first-order valence-electron chi connectivity index (χ1n) is 6.95. The van der Waals surface area contributed by atoms with E-state index in [4.69, 9.17) is 16.2 Å². The third kappa shape index (κ3) is 2.14. The summed E-state index contributed by atoms with van der Waals surface area (Å²) >= 11 is 3.53. The topological polar surface area (TPSA) is 73.3 Å². The summed E-state index contributed by atoms with van der Waals surface area (Å²) in [5.41, 5.74) is 15.2. The van der Waals surface area contributed by atoms with Crippen LogP contribution in [0.15, 0.2) is 34.6 Å². The number of anilines is 1. The van der Waals surface area contributed by atoms with Gasteiger partial charge < -0.3 is 21.5 Å². The fourth-order valence-electron chi connectivity index (χ4n) is 3.28. The van der Waals surface area contributed by atoms with Gasteiger partial charge >= 0.3 is 0 Å². The van der Waals surface area contributed by atoms with Crippen LogP contribution in [0.4, 0.5) is 5.69 Å². The molecule has 4 nitrogen and oxygen atoms in total. The Morgan fingerprint density at radius 1 is 1.45 bits per heavy atom. The second-order valence-corrected chi connectivity index (χ2v) is 6.62. The van der Waals surface area contributed by atoms with E-state index in [1.165, 1.54) is 0 Å². The molecule has 20 heavy (non-hydrogen) atoms. The van der Waals surface area contributed by atoms with Crippen molar-refractivity contribution in [1.82, 2.24) is 0 Å². The van der Waals surface area contributed by atoms with E-state index in [-0.39, 0.29) is 12.0 Å². The first kappa shape index (κ1) is 13.9. The molecule has 2 heterocycles. The minimum Gasteiger partial charge on any atom is -0.399 e. The summed E-state index contributed by atoms with van der Waals surface area (Å²) in [4.78, 5) is 0. The van der Waals surface area contributed by atoms with Crippen molar-refractivity contribution in [3.05, 3.63) is 40.1 Å². The smallest absolute Gasteiger partial charge is 0.0876 e. The molecule has 5 N–H and O–H groups in total. The number of halogens is 1. The average molecular weight is 338 g/mol. The minimum atomic E-state index is -0.623. The van der Waals surface area contributed by atoms with Gasteiger partial charge in [-0.05, 0) is 43.9 Å². The molecule has 2 aliphatic rings. The van der Waals surface area contributed by atoms with Gasteiger partial charge in [0.25, 0.3) is 0 Å². The maximum absolute atomic E-state index is 6.81. The third-order valence-corrected chi connectivity index (χ3v) is 4.91. The predicted molar refractivity (Wildman–Crippen MR) is 84.0 cm³/mol. The van der Waals surface area contributed by atoms with Crippen molar-refractivity contribution >= 4 is 21.6 Å². The van der Waals surface area contributed by atoms with Crippen LogP contribution in [0.25, 0.3) is 0 Å². The van der Waals surface area contributed by atoms with Crippen LogP contribution in [0.1, 0.15) is 25.3 Å². The van der Waals surface area contributed by atoms with Crippen LogP contribution in [0.3, 0.4) is 0 Å². The molecule has 108 valence electrons. The lowest BCUT2D eigenvalue weighted by atomic mass is 9.70. The van der Waals surface area contributed by atoms with Crippen molar-refractivity contribution in [2.45, 2.75) is 31.4 Å². The molecule has 0 spiro atoms. The van der Waals surface area contributed by atoms with Crippen molar-refractivity contribution < 1.29 is 4.74 Å². The Labute approximate surface area is 127 Å². The molecule has 0 radical (unpaired) electrons. The highest BCUT2D eigenvalue weighted by atomic mass is 79.9. The lowest BCUT2D eigenvalue weighted by molar-refractivity contribution is -0.0136. The van der Waals surface area contributed by atoms with Gasteiger partial charge in [-0.3, -0.25) is 0 Å². The van der Waals surface area contributed by atoms with E-state index < -0.39 is 5.54 Å². The normalized spacial score (nSPS) is 33.0. The Morgan fingerprint density at radius 2 is 2.25 bits per heavy atom. The third-order valence-electron chi connectivity index (χ3n) is 4.42. The highest BCUT2D eigenvalue weighted by Gasteiger charge is 2.44. The number of nitrogens with one attached hydrogen (secondary N) is 1. The Hall–Kier alpha value is -1.04. The van der Waals surface area contributed by atoms with E-state index in [2.05, 4.69) is 34.2 Å². The van der Waals surface area contributed by atoms with Crippen LogP contribution in [0, 0.1) is 5.92 Å². The monoisotopic (exact) mass is 337 g/mol. The molecule has 1 fully saturated rings. The lowest BCUT2D eigenvalue weighted by Gasteiger charge is -2.44. The molecule has 3 rings (SSSR count). The average Bonchev–Trinajstić information content (AvgIpc) is 2.43. The van der Waals surface area contributed by atoms with E-state index in [1.54, 1.807) is 0 Å². The molecular formula is C15H20BrN3O. The molecule has 5 heteroatoms. The van der Waals surface area contributed by atoms with E-state index in [9.17, 15) is 0 Å². The standard InChI is InChI=1S/C15H20BrN3O/c1-9-6-10(4-5-20-9)15(18)12-7-11(16)2-3-13(12)19-8-14(15)17/h2-3,7-10,19H,4-6,17-18H2,1H3/t9-,10-,15?/m1/s1. The lowest BCUT2D eigenvalue weighted by Crippen LogP contribution is -2.52. The van der Waals surface area contributed by atoms with Gasteiger partial charge in [0.1, 0.15) is 0 Å². The van der Waals surface area contributed by atoms with Gasteiger partial charge in [0.15, 0.2) is 0 Å². The first-order chi connectivity index (χ1) is 9.51. The molecule has 0 amide bonds. The van der Waals surface area contributed by atoms with Crippen LogP contribution < -0.4 is 16.8 Å². The second kappa shape index (κ2) is 5.06. The number of ether oxygens (including phenoxy) is 1. The predicted octanol–water partition coefficient (Wildman–Crippen LogP) is 2.64. The van der Waals surface area contributed by atoms with Crippen LogP contribution in [-0.4, -0.2) is 12.7 Å². The van der Waals surface area contributed by atoms with Gasteiger partial charge in [0.2, 0.25) is 0 Å². The van der Waals surface area contributed by atoms with E-state index in [1.807, 2.05) is 18.3 Å². The fraction of sp³-hybridized carbons (Fsp3) is 0.467. The molecule has 2 aliphatic heterocycles. The zero-order valence-electron chi connectivity index (χ0n) is 11.5.